The van der Waals surface area contributed by atoms with E-state index in [0.717, 1.165) is 11.1 Å². The van der Waals surface area contributed by atoms with Crippen molar-refractivity contribution in [2.75, 3.05) is 13.2 Å². The van der Waals surface area contributed by atoms with Crippen LogP contribution in [0.15, 0.2) is 48.6 Å². The fourth-order valence-corrected chi connectivity index (χ4v) is 2.30. The lowest BCUT2D eigenvalue weighted by Crippen LogP contribution is -2.42. The molecule has 1 rings (SSSR count). The molecule has 1 aromatic carbocycles. The van der Waals surface area contributed by atoms with Gasteiger partial charge in [0.25, 0.3) is 0 Å². The highest BCUT2D eigenvalue weighted by atomic mass is 16.7. The molecule has 0 aliphatic heterocycles. The monoisotopic (exact) mass is 418 g/mol. The molecule has 0 fully saturated rings. The van der Waals surface area contributed by atoms with Crippen molar-refractivity contribution in [3.05, 3.63) is 59.7 Å². The summed E-state index contributed by atoms with van der Waals surface area (Å²) in [4.78, 5) is 29.2. The number of ether oxygens (including phenoxy) is 2. The Hall–Kier alpha value is -2.48. The van der Waals surface area contributed by atoms with Gasteiger partial charge in [-0.2, -0.15) is 5.48 Å². The van der Waals surface area contributed by atoms with Crippen LogP contribution in [-0.4, -0.2) is 31.3 Å². The Kier molecular flexibility index (Phi) is 8.96. The largest absolute Gasteiger partial charge is 0.459 e. The van der Waals surface area contributed by atoms with Gasteiger partial charge in [-0.25, -0.2) is 9.59 Å². The molecular weight excluding hydrogens is 384 g/mol. The Balaban J connectivity index is 2.88. The third kappa shape index (κ3) is 8.10. The normalized spacial score (nSPS) is 11.9. The van der Waals surface area contributed by atoms with E-state index >= 15 is 0 Å². The molecule has 30 heavy (non-hydrogen) atoms. The highest BCUT2D eigenvalue weighted by Gasteiger charge is 2.26. The van der Waals surface area contributed by atoms with Crippen LogP contribution in [0.5, 0.6) is 0 Å². The van der Waals surface area contributed by atoms with Gasteiger partial charge in [-0.15, -0.1) is 0 Å². The summed E-state index contributed by atoms with van der Waals surface area (Å²) >= 11 is 0. The first-order valence-electron chi connectivity index (χ1n) is 9.72. The van der Waals surface area contributed by atoms with Gasteiger partial charge < -0.3 is 15.2 Å². The van der Waals surface area contributed by atoms with Crippen LogP contribution in [0.2, 0.25) is 0 Å². The van der Waals surface area contributed by atoms with Crippen LogP contribution in [0.4, 0.5) is 0 Å². The lowest BCUT2D eigenvalue weighted by molar-refractivity contribution is -0.160. The van der Waals surface area contributed by atoms with Gasteiger partial charge in [-0.1, -0.05) is 37.4 Å². The summed E-state index contributed by atoms with van der Waals surface area (Å²) < 4.78 is 10.3. The van der Waals surface area contributed by atoms with Gasteiger partial charge in [-0.05, 0) is 52.7 Å². The number of carbonyl (C=O) groups is 2. The maximum absolute atomic E-state index is 11.7. The molecule has 0 aliphatic rings. The number of esters is 2. The third-order valence-electron chi connectivity index (χ3n) is 4.31. The average molecular weight is 419 g/mol. The van der Waals surface area contributed by atoms with Crippen molar-refractivity contribution in [3.8, 4) is 0 Å². The molecule has 0 aliphatic carbocycles. The van der Waals surface area contributed by atoms with Crippen molar-refractivity contribution in [2.24, 2.45) is 5.73 Å². The van der Waals surface area contributed by atoms with Crippen molar-refractivity contribution >= 4 is 11.9 Å². The minimum absolute atomic E-state index is 0.117. The van der Waals surface area contributed by atoms with Gasteiger partial charge in [-0.3, -0.25) is 4.84 Å². The number of hydroxylamine groups is 1. The molecule has 7 nitrogen and oxygen atoms in total. The van der Waals surface area contributed by atoms with E-state index < -0.39 is 29.1 Å². The maximum atomic E-state index is 11.7. The Bertz CT molecular complexity index is 763. The summed E-state index contributed by atoms with van der Waals surface area (Å²) in [6, 6.07) is 7.87. The smallest absolute Gasteiger partial charge is 0.333 e. The molecular formula is C23H34N2O5. The summed E-state index contributed by atoms with van der Waals surface area (Å²) in [5.41, 5.74) is 10.6. The van der Waals surface area contributed by atoms with E-state index in [1.807, 2.05) is 52.0 Å². The van der Waals surface area contributed by atoms with Crippen LogP contribution in [0, 0.1) is 0 Å². The second-order valence-corrected chi connectivity index (χ2v) is 8.53. The quantitative estimate of drug-likeness (QED) is 0.323. The predicted octanol–water partition coefficient (Wildman–Crippen LogP) is 3.24. The lowest BCUT2D eigenvalue weighted by atomic mass is 9.88. The van der Waals surface area contributed by atoms with E-state index in [1.165, 1.54) is 0 Å². The van der Waals surface area contributed by atoms with Gasteiger partial charge >= 0.3 is 11.9 Å². The van der Waals surface area contributed by atoms with Gasteiger partial charge in [0.1, 0.15) is 19.3 Å². The summed E-state index contributed by atoms with van der Waals surface area (Å²) in [7, 11) is 0. The zero-order valence-corrected chi connectivity index (χ0v) is 18.8. The van der Waals surface area contributed by atoms with Crippen LogP contribution < -0.4 is 11.2 Å². The first-order chi connectivity index (χ1) is 13.7. The third-order valence-corrected chi connectivity index (χ3v) is 4.31. The number of carbonyl (C=O) groups excluding carboxylic acids is 2. The molecule has 0 radical (unpaired) electrons. The first-order valence-corrected chi connectivity index (χ1v) is 9.72. The van der Waals surface area contributed by atoms with Gasteiger partial charge in [0.15, 0.2) is 0 Å². The first kappa shape index (κ1) is 25.6. The molecule has 0 atom stereocenters. The zero-order chi connectivity index (χ0) is 23.1. The maximum Gasteiger partial charge on any atom is 0.333 e. The van der Waals surface area contributed by atoms with E-state index in [-0.39, 0.29) is 24.4 Å². The van der Waals surface area contributed by atoms with Crippen LogP contribution in [0.3, 0.4) is 0 Å². The predicted molar refractivity (Wildman–Crippen MR) is 116 cm³/mol. The topological polar surface area (TPSA) is 99.9 Å². The number of rotatable bonds is 11. The van der Waals surface area contributed by atoms with Gasteiger partial charge in [0, 0.05) is 16.7 Å². The van der Waals surface area contributed by atoms with Crippen LogP contribution in [0.25, 0.3) is 0 Å². The number of nitrogens with two attached hydrogens (primary N) is 1. The molecule has 7 heteroatoms. The second-order valence-electron chi connectivity index (χ2n) is 8.53. The molecule has 0 aromatic heterocycles. The van der Waals surface area contributed by atoms with Crippen molar-refractivity contribution in [3.63, 3.8) is 0 Å². The number of hydrogen-bond donors (Lipinski definition) is 2. The van der Waals surface area contributed by atoms with E-state index in [4.69, 9.17) is 20.0 Å². The molecule has 0 heterocycles. The summed E-state index contributed by atoms with van der Waals surface area (Å²) in [5, 5.41) is 0. The van der Waals surface area contributed by atoms with Crippen molar-refractivity contribution in [1.82, 2.24) is 5.48 Å². The van der Waals surface area contributed by atoms with E-state index in [2.05, 4.69) is 18.6 Å². The number of hydrogen-bond acceptors (Lipinski definition) is 7. The summed E-state index contributed by atoms with van der Waals surface area (Å²) in [6.07, 6.45) is -0.731. The van der Waals surface area contributed by atoms with Crippen LogP contribution in [0.1, 0.15) is 52.7 Å². The molecule has 1 aromatic rings. The Morgan fingerprint density at radius 3 is 1.90 bits per heavy atom. The van der Waals surface area contributed by atoms with Crippen molar-refractivity contribution in [2.45, 2.75) is 58.7 Å². The molecule has 0 saturated heterocycles. The minimum atomic E-state index is -0.731. The average Bonchev–Trinajstić information content (AvgIpc) is 2.66. The van der Waals surface area contributed by atoms with E-state index in [9.17, 15) is 9.59 Å². The minimum Gasteiger partial charge on any atom is -0.459 e. The molecule has 0 spiro atoms. The molecule has 0 saturated carbocycles. The van der Waals surface area contributed by atoms with E-state index in [1.54, 1.807) is 13.8 Å². The molecule has 0 unspecified atom stereocenters. The number of benzene rings is 1. The highest BCUT2D eigenvalue weighted by molar-refractivity contribution is 5.87. The zero-order valence-electron chi connectivity index (χ0n) is 18.8. The van der Waals surface area contributed by atoms with E-state index in [0.29, 0.717) is 0 Å². The Morgan fingerprint density at radius 1 is 1.00 bits per heavy atom. The Morgan fingerprint density at radius 2 is 1.47 bits per heavy atom. The van der Waals surface area contributed by atoms with Crippen LogP contribution in [-0.2, 0) is 35.0 Å². The molecule has 0 amide bonds. The fourth-order valence-electron chi connectivity index (χ4n) is 2.30. The highest BCUT2D eigenvalue weighted by Crippen LogP contribution is 2.25. The van der Waals surface area contributed by atoms with Crippen LogP contribution >= 0.6 is 0 Å². The second kappa shape index (κ2) is 10.5. The van der Waals surface area contributed by atoms with Crippen molar-refractivity contribution in [1.29, 1.82) is 0 Å². The molecule has 0 bridgehead atoms. The standard InChI is InChI=1S/C23H34N2O5/c1-15(2)20(26)28-13-19(14-29-21(27)16(3)4)30-25-23(7,8)18-11-9-10-17(12-18)22(5,6)24/h9-12,19,25H,1,3,13-14,24H2,2,4-8H3. The van der Waals surface area contributed by atoms with Crippen molar-refractivity contribution < 1.29 is 23.9 Å². The molecule has 166 valence electrons. The fraction of sp³-hybridized carbons (Fsp3) is 0.478. The Labute approximate surface area is 179 Å². The SMILES string of the molecule is C=C(C)C(=O)OCC(COC(=O)C(=C)C)ONC(C)(C)c1cccc(C(C)(C)N)c1. The molecule has 3 N–H and O–H groups in total. The summed E-state index contributed by atoms with van der Waals surface area (Å²) in [6.45, 7) is 17.7. The van der Waals surface area contributed by atoms with Gasteiger partial charge in [0.05, 0.1) is 5.54 Å². The lowest BCUT2D eigenvalue weighted by Gasteiger charge is -2.30. The van der Waals surface area contributed by atoms with Gasteiger partial charge in [0.2, 0.25) is 0 Å². The number of nitrogens with one attached hydrogen (secondary N) is 1. The summed E-state index contributed by atoms with van der Waals surface area (Å²) in [5.74, 6) is -1.10.